The summed E-state index contributed by atoms with van der Waals surface area (Å²) in [5.41, 5.74) is 5.33. The molecule has 6 heteroatoms. The minimum Gasteiger partial charge on any atom is -0.339 e. The van der Waals surface area contributed by atoms with Gasteiger partial charge in [-0.15, -0.1) is 0 Å². The summed E-state index contributed by atoms with van der Waals surface area (Å²) in [4.78, 5) is 26.5. The molecule has 1 saturated heterocycles. The van der Waals surface area contributed by atoms with E-state index in [1.807, 2.05) is 6.92 Å². The van der Waals surface area contributed by atoms with E-state index in [1.165, 1.54) is 0 Å². The molecule has 16 heavy (non-hydrogen) atoms. The highest BCUT2D eigenvalue weighted by Crippen LogP contribution is 2.03. The Bertz CT molecular complexity index is 223. The van der Waals surface area contributed by atoms with Crippen molar-refractivity contribution in [1.29, 1.82) is 0 Å². The third-order valence-electron chi connectivity index (χ3n) is 2.61. The molecule has 92 valence electrons. The van der Waals surface area contributed by atoms with E-state index in [0.29, 0.717) is 45.7 Å². The SMILES string of the molecule is CCNC(=O)N1CCN(C(=O)CCN)CC1. The van der Waals surface area contributed by atoms with E-state index in [9.17, 15) is 9.59 Å². The zero-order chi connectivity index (χ0) is 12.0. The monoisotopic (exact) mass is 228 g/mol. The fourth-order valence-electron chi connectivity index (χ4n) is 1.70. The maximum Gasteiger partial charge on any atom is 0.317 e. The Kier molecular flexibility index (Phi) is 5.04. The van der Waals surface area contributed by atoms with Crippen LogP contribution in [0.3, 0.4) is 0 Å². The molecule has 1 rings (SSSR count). The van der Waals surface area contributed by atoms with Crippen LogP contribution in [0.4, 0.5) is 4.79 Å². The van der Waals surface area contributed by atoms with Crippen LogP contribution in [0.2, 0.25) is 0 Å². The molecular formula is C10H20N4O2. The second kappa shape index (κ2) is 6.32. The second-order valence-corrected chi connectivity index (χ2v) is 3.74. The van der Waals surface area contributed by atoms with Crippen molar-refractivity contribution in [2.45, 2.75) is 13.3 Å². The number of nitrogens with two attached hydrogens (primary N) is 1. The molecule has 0 aromatic carbocycles. The highest BCUT2D eigenvalue weighted by molar-refractivity contribution is 5.77. The maximum absolute atomic E-state index is 11.5. The number of urea groups is 1. The number of nitrogens with one attached hydrogen (secondary N) is 1. The van der Waals surface area contributed by atoms with Gasteiger partial charge in [-0.2, -0.15) is 0 Å². The predicted octanol–water partition coefficient (Wildman–Crippen LogP) is -0.791. The summed E-state index contributed by atoms with van der Waals surface area (Å²) in [6.45, 7) is 5.32. The van der Waals surface area contributed by atoms with E-state index < -0.39 is 0 Å². The lowest BCUT2D eigenvalue weighted by Gasteiger charge is -2.34. The Morgan fingerprint density at radius 2 is 1.75 bits per heavy atom. The first-order chi connectivity index (χ1) is 7.69. The number of hydrogen-bond donors (Lipinski definition) is 2. The summed E-state index contributed by atoms with van der Waals surface area (Å²) in [5.74, 6) is 0.0815. The Morgan fingerprint density at radius 1 is 1.19 bits per heavy atom. The van der Waals surface area contributed by atoms with Crippen LogP contribution in [0.25, 0.3) is 0 Å². The Balaban J connectivity index is 2.33. The van der Waals surface area contributed by atoms with Gasteiger partial charge in [-0.1, -0.05) is 0 Å². The number of carbonyl (C=O) groups is 2. The van der Waals surface area contributed by atoms with Gasteiger partial charge in [0, 0.05) is 45.7 Å². The van der Waals surface area contributed by atoms with E-state index in [4.69, 9.17) is 5.73 Å². The van der Waals surface area contributed by atoms with Crippen LogP contribution in [-0.4, -0.2) is 61.0 Å². The summed E-state index contributed by atoms with van der Waals surface area (Å²) in [5, 5.41) is 2.75. The van der Waals surface area contributed by atoms with Crippen molar-refractivity contribution in [3.05, 3.63) is 0 Å². The van der Waals surface area contributed by atoms with Crippen LogP contribution in [0.15, 0.2) is 0 Å². The fraction of sp³-hybridized carbons (Fsp3) is 0.800. The average Bonchev–Trinajstić information content (AvgIpc) is 2.30. The highest BCUT2D eigenvalue weighted by Gasteiger charge is 2.22. The van der Waals surface area contributed by atoms with Gasteiger partial charge < -0.3 is 20.9 Å². The van der Waals surface area contributed by atoms with Crippen molar-refractivity contribution in [3.63, 3.8) is 0 Å². The van der Waals surface area contributed by atoms with E-state index >= 15 is 0 Å². The predicted molar refractivity (Wildman–Crippen MR) is 60.9 cm³/mol. The summed E-state index contributed by atoms with van der Waals surface area (Å²) in [6, 6.07) is -0.0478. The second-order valence-electron chi connectivity index (χ2n) is 3.74. The summed E-state index contributed by atoms with van der Waals surface area (Å²) < 4.78 is 0. The first-order valence-electron chi connectivity index (χ1n) is 5.69. The standard InChI is InChI=1S/C10H20N4O2/c1-2-12-10(16)14-7-5-13(6-8-14)9(15)3-4-11/h2-8,11H2,1H3,(H,12,16). The van der Waals surface area contributed by atoms with Gasteiger partial charge in [0.1, 0.15) is 0 Å². The molecule has 3 amide bonds. The normalized spacial score (nSPS) is 16.1. The van der Waals surface area contributed by atoms with Crippen molar-refractivity contribution in [2.24, 2.45) is 5.73 Å². The summed E-state index contributed by atoms with van der Waals surface area (Å²) >= 11 is 0. The molecule has 0 unspecified atom stereocenters. The van der Waals surface area contributed by atoms with E-state index in [0.717, 1.165) is 0 Å². The number of piperazine rings is 1. The van der Waals surface area contributed by atoms with Crippen molar-refractivity contribution < 1.29 is 9.59 Å². The van der Waals surface area contributed by atoms with Gasteiger partial charge in [0.25, 0.3) is 0 Å². The van der Waals surface area contributed by atoms with E-state index in [2.05, 4.69) is 5.32 Å². The van der Waals surface area contributed by atoms with Gasteiger partial charge in [0.15, 0.2) is 0 Å². The molecule has 0 bridgehead atoms. The zero-order valence-corrected chi connectivity index (χ0v) is 9.74. The average molecular weight is 228 g/mol. The molecule has 0 radical (unpaired) electrons. The van der Waals surface area contributed by atoms with Crippen molar-refractivity contribution >= 4 is 11.9 Å². The van der Waals surface area contributed by atoms with Gasteiger partial charge in [-0.05, 0) is 6.92 Å². The van der Waals surface area contributed by atoms with Gasteiger partial charge in [0.2, 0.25) is 5.91 Å². The van der Waals surface area contributed by atoms with E-state index in [1.54, 1.807) is 9.80 Å². The molecule has 0 atom stereocenters. The fourth-order valence-corrected chi connectivity index (χ4v) is 1.70. The number of hydrogen-bond acceptors (Lipinski definition) is 3. The molecule has 0 spiro atoms. The molecule has 0 aliphatic carbocycles. The minimum atomic E-state index is -0.0478. The van der Waals surface area contributed by atoms with Crippen LogP contribution in [-0.2, 0) is 4.79 Å². The number of nitrogens with zero attached hydrogens (tertiary/aromatic N) is 2. The Hall–Kier alpha value is -1.30. The molecule has 1 fully saturated rings. The van der Waals surface area contributed by atoms with Crippen LogP contribution in [0, 0.1) is 0 Å². The first kappa shape index (κ1) is 12.8. The molecule has 6 nitrogen and oxygen atoms in total. The quantitative estimate of drug-likeness (QED) is 0.664. The van der Waals surface area contributed by atoms with E-state index in [-0.39, 0.29) is 11.9 Å². The molecule has 3 N–H and O–H groups in total. The molecule has 1 aliphatic heterocycles. The van der Waals surface area contributed by atoms with Crippen molar-refractivity contribution in [2.75, 3.05) is 39.3 Å². The third-order valence-corrected chi connectivity index (χ3v) is 2.61. The van der Waals surface area contributed by atoms with Gasteiger partial charge >= 0.3 is 6.03 Å². The van der Waals surface area contributed by atoms with Crippen LogP contribution in [0.5, 0.6) is 0 Å². The minimum absolute atomic E-state index is 0.0478. The van der Waals surface area contributed by atoms with Crippen molar-refractivity contribution in [3.8, 4) is 0 Å². The lowest BCUT2D eigenvalue weighted by atomic mass is 10.3. The molecule has 0 aromatic rings. The van der Waals surface area contributed by atoms with Gasteiger partial charge in [-0.25, -0.2) is 4.79 Å². The van der Waals surface area contributed by atoms with Gasteiger partial charge in [0.05, 0.1) is 0 Å². The topological polar surface area (TPSA) is 78.7 Å². The van der Waals surface area contributed by atoms with Crippen LogP contribution >= 0.6 is 0 Å². The third kappa shape index (κ3) is 3.37. The molecule has 1 heterocycles. The highest BCUT2D eigenvalue weighted by atomic mass is 16.2. The molecule has 1 aliphatic rings. The molecule has 0 saturated carbocycles. The lowest BCUT2D eigenvalue weighted by molar-refractivity contribution is -0.132. The number of rotatable bonds is 3. The van der Waals surface area contributed by atoms with Gasteiger partial charge in [-0.3, -0.25) is 4.79 Å². The lowest BCUT2D eigenvalue weighted by Crippen LogP contribution is -2.53. The Labute approximate surface area is 95.8 Å². The summed E-state index contributed by atoms with van der Waals surface area (Å²) in [6.07, 6.45) is 0.390. The largest absolute Gasteiger partial charge is 0.339 e. The number of carbonyl (C=O) groups excluding carboxylic acids is 2. The van der Waals surface area contributed by atoms with Crippen LogP contribution in [0.1, 0.15) is 13.3 Å². The van der Waals surface area contributed by atoms with Crippen LogP contribution < -0.4 is 11.1 Å². The summed E-state index contributed by atoms with van der Waals surface area (Å²) in [7, 11) is 0. The molecular weight excluding hydrogens is 208 g/mol. The maximum atomic E-state index is 11.5. The smallest absolute Gasteiger partial charge is 0.317 e. The number of amides is 3. The molecule has 0 aromatic heterocycles. The Morgan fingerprint density at radius 3 is 2.25 bits per heavy atom. The zero-order valence-electron chi connectivity index (χ0n) is 9.74. The van der Waals surface area contributed by atoms with Crippen molar-refractivity contribution in [1.82, 2.24) is 15.1 Å². The first-order valence-corrected chi connectivity index (χ1v) is 5.69.